The van der Waals surface area contributed by atoms with Gasteiger partial charge in [-0.3, -0.25) is 9.48 Å². The van der Waals surface area contributed by atoms with Crippen LogP contribution in [-0.4, -0.2) is 46.6 Å². The van der Waals surface area contributed by atoms with E-state index in [1.807, 2.05) is 6.20 Å². The summed E-state index contributed by atoms with van der Waals surface area (Å²) in [6.45, 7) is 2.87. The van der Waals surface area contributed by atoms with Gasteiger partial charge in [0.15, 0.2) is 0 Å². The lowest BCUT2D eigenvalue weighted by molar-refractivity contribution is -0.124. The predicted octanol–water partition coefficient (Wildman–Crippen LogP) is 7.65. The van der Waals surface area contributed by atoms with Crippen LogP contribution in [0, 0.1) is 18.3 Å². The normalized spacial score (nSPS) is 27.6. The third-order valence-electron chi connectivity index (χ3n) is 11.6. The van der Waals surface area contributed by atoms with E-state index in [0.29, 0.717) is 31.7 Å². The lowest BCUT2D eigenvalue weighted by Crippen LogP contribution is -2.52. The molecule has 1 heterocycles. The molecule has 0 spiro atoms. The Kier molecular flexibility index (Phi) is 7.86. The van der Waals surface area contributed by atoms with Gasteiger partial charge < -0.3 is 20.1 Å². The van der Waals surface area contributed by atoms with Crippen LogP contribution in [0.3, 0.4) is 0 Å². The van der Waals surface area contributed by atoms with E-state index in [1.54, 1.807) is 7.11 Å². The highest BCUT2D eigenvalue weighted by molar-refractivity contribution is 5.96. The van der Waals surface area contributed by atoms with Crippen molar-refractivity contribution in [1.29, 1.82) is 0 Å². The van der Waals surface area contributed by atoms with Crippen LogP contribution in [0.15, 0.2) is 54.9 Å². The van der Waals surface area contributed by atoms with Crippen molar-refractivity contribution in [2.75, 3.05) is 18.6 Å². The second kappa shape index (κ2) is 11.8. The van der Waals surface area contributed by atoms with Gasteiger partial charge in [-0.1, -0.05) is 24.3 Å². The molecule has 1 aromatic heterocycles. The molecule has 0 atom stereocenters. The Labute approximate surface area is 266 Å². The molecule has 2 amide bonds. The topological polar surface area (TPSA) is 96.7 Å². The maximum atomic E-state index is 14.5. The van der Waals surface area contributed by atoms with Gasteiger partial charge in [0.1, 0.15) is 5.75 Å². The number of methoxy groups -OCH3 is 1. The number of hydrogen-bond acceptors (Lipinski definition) is 4. The minimum absolute atomic E-state index is 0.0728. The molecule has 0 aliphatic heterocycles. The molecule has 238 valence electrons. The number of carbonyl (C=O) groups is 2. The first-order valence-corrected chi connectivity index (χ1v) is 16.9. The van der Waals surface area contributed by atoms with Crippen molar-refractivity contribution < 1.29 is 19.4 Å². The molecule has 2 bridgehead atoms. The fraction of sp³-hybridized carbons (Fsp3) is 0.541. The zero-order valence-electron chi connectivity index (χ0n) is 26.6. The van der Waals surface area contributed by atoms with Crippen molar-refractivity contribution in [2.45, 2.75) is 101 Å². The minimum atomic E-state index is -0.984. The van der Waals surface area contributed by atoms with Gasteiger partial charge in [-0.2, -0.15) is 5.10 Å². The van der Waals surface area contributed by atoms with Crippen molar-refractivity contribution >= 4 is 17.7 Å². The van der Waals surface area contributed by atoms with Gasteiger partial charge in [-0.25, -0.2) is 4.79 Å². The molecule has 0 unspecified atom stereocenters. The van der Waals surface area contributed by atoms with Gasteiger partial charge in [-0.05, 0) is 130 Å². The fourth-order valence-electron chi connectivity index (χ4n) is 8.53. The first-order chi connectivity index (χ1) is 21.8. The predicted molar refractivity (Wildman–Crippen MR) is 175 cm³/mol. The molecule has 8 rings (SSSR count). The Bertz CT molecular complexity index is 1540. The van der Waals surface area contributed by atoms with Gasteiger partial charge in [0.2, 0.25) is 5.91 Å². The maximum absolute atomic E-state index is 14.5. The zero-order valence-corrected chi connectivity index (χ0v) is 26.6. The third kappa shape index (κ3) is 5.96. The number of rotatable bonds is 9. The number of ether oxygens (including phenoxy) is 1. The van der Waals surface area contributed by atoms with Crippen LogP contribution >= 0.6 is 0 Å². The quantitative estimate of drug-likeness (QED) is 0.259. The largest absolute Gasteiger partial charge is 0.496 e. The maximum Gasteiger partial charge on any atom is 0.404 e. The summed E-state index contributed by atoms with van der Waals surface area (Å²) in [6, 6.07) is 15.6. The van der Waals surface area contributed by atoms with E-state index in [4.69, 9.17) is 4.74 Å². The van der Waals surface area contributed by atoms with E-state index < -0.39 is 6.09 Å². The van der Waals surface area contributed by atoms with Gasteiger partial charge >= 0.3 is 6.09 Å². The number of aryl methyl sites for hydroxylation is 1. The average Bonchev–Trinajstić information content (AvgIpc) is 3.80. The number of aromatic nitrogens is 2. The summed E-state index contributed by atoms with van der Waals surface area (Å²) in [5, 5.41) is 16.5. The van der Waals surface area contributed by atoms with Gasteiger partial charge in [0.25, 0.3) is 0 Å². The summed E-state index contributed by atoms with van der Waals surface area (Å²) in [5.41, 5.74) is 6.09. The number of fused-ring (bicyclic) bond motifs is 3. The average molecular weight is 611 g/mol. The van der Waals surface area contributed by atoms with Crippen LogP contribution < -0.4 is 15.0 Å². The van der Waals surface area contributed by atoms with E-state index in [1.165, 1.54) is 24.0 Å². The number of carboxylic acid groups (broad SMARTS) is 1. The van der Waals surface area contributed by atoms with Crippen molar-refractivity contribution in [1.82, 2.24) is 15.1 Å². The Morgan fingerprint density at radius 3 is 2.36 bits per heavy atom. The number of anilines is 1. The molecule has 8 nitrogen and oxygen atoms in total. The number of benzene rings is 2. The Morgan fingerprint density at radius 1 is 0.978 bits per heavy atom. The summed E-state index contributed by atoms with van der Waals surface area (Å²) < 4.78 is 7.62. The number of nitrogens with zero attached hydrogens (tertiary/aromatic N) is 3. The summed E-state index contributed by atoms with van der Waals surface area (Å²) in [6.07, 6.45) is 15.1. The molecule has 5 saturated carbocycles. The Hall–Kier alpha value is -3.81. The first kappa shape index (κ1) is 29.9. The van der Waals surface area contributed by atoms with Crippen LogP contribution in [0.2, 0.25) is 0 Å². The lowest BCUT2D eigenvalue weighted by atomic mass is 9.51. The van der Waals surface area contributed by atoms with Crippen molar-refractivity contribution in [2.24, 2.45) is 11.3 Å². The molecular weight excluding hydrogens is 564 g/mol. The highest BCUT2D eigenvalue weighted by Crippen LogP contribution is 2.58. The SMILES string of the molecule is COc1ccc(C23CCC(CN(C(=O)C4CCC(NC(=O)O)CC4)c4cccc(-c5cnn(C6CC6)c5)c4)(CC2)CC3)cc1C. The van der Waals surface area contributed by atoms with E-state index in [2.05, 4.69) is 75.6 Å². The molecule has 3 aromatic rings. The van der Waals surface area contributed by atoms with Gasteiger partial charge in [-0.15, -0.1) is 0 Å². The van der Waals surface area contributed by atoms with Gasteiger partial charge in [0.05, 0.1) is 19.3 Å². The van der Waals surface area contributed by atoms with E-state index >= 15 is 0 Å². The summed E-state index contributed by atoms with van der Waals surface area (Å²) in [5.74, 6) is 1.04. The second-order valence-corrected chi connectivity index (χ2v) is 14.4. The number of carbonyl (C=O) groups excluding carboxylic acids is 1. The standard InChI is InChI=1S/C37H46N4O4/c1-25-20-29(8-13-33(25)45-2)37-17-14-36(15-18-37,16-19-37)24-40(34(42)26-6-9-30(10-7-26)39-35(43)44)32-5-3-4-27(21-32)28-22-38-41(23-28)31-11-12-31/h3-5,8,13,20-23,26,30-31,39H,6-7,9-12,14-19,24H2,1-2H3,(H,43,44). The van der Waals surface area contributed by atoms with Crippen LogP contribution in [0.25, 0.3) is 11.1 Å². The van der Waals surface area contributed by atoms with E-state index in [-0.39, 0.29) is 28.7 Å². The molecular formula is C37H46N4O4. The molecule has 8 heteroatoms. The lowest BCUT2D eigenvalue weighted by Gasteiger charge is -2.55. The number of nitrogens with one attached hydrogen (secondary N) is 1. The van der Waals surface area contributed by atoms with Crippen LogP contribution in [0.5, 0.6) is 5.75 Å². The summed E-state index contributed by atoms with van der Waals surface area (Å²) in [4.78, 5) is 27.8. The molecule has 0 radical (unpaired) electrons. The molecule has 5 fully saturated rings. The van der Waals surface area contributed by atoms with Crippen molar-refractivity contribution in [3.63, 3.8) is 0 Å². The van der Waals surface area contributed by atoms with E-state index in [0.717, 1.165) is 67.6 Å². The van der Waals surface area contributed by atoms with Gasteiger partial charge in [0, 0.05) is 36.0 Å². The third-order valence-corrected chi connectivity index (χ3v) is 11.6. The molecule has 5 aliphatic rings. The fourth-order valence-corrected chi connectivity index (χ4v) is 8.53. The van der Waals surface area contributed by atoms with Crippen molar-refractivity contribution in [3.8, 4) is 16.9 Å². The smallest absolute Gasteiger partial charge is 0.404 e. The monoisotopic (exact) mass is 610 g/mol. The summed E-state index contributed by atoms with van der Waals surface area (Å²) >= 11 is 0. The highest BCUT2D eigenvalue weighted by Gasteiger charge is 2.50. The minimum Gasteiger partial charge on any atom is -0.496 e. The molecule has 2 aromatic carbocycles. The molecule has 2 N–H and O–H groups in total. The zero-order chi connectivity index (χ0) is 31.2. The Balaban J connectivity index is 1.13. The highest BCUT2D eigenvalue weighted by atomic mass is 16.5. The van der Waals surface area contributed by atoms with E-state index in [9.17, 15) is 14.7 Å². The number of amides is 2. The summed E-state index contributed by atoms with van der Waals surface area (Å²) in [7, 11) is 1.73. The van der Waals surface area contributed by atoms with Crippen molar-refractivity contribution in [3.05, 3.63) is 66.0 Å². The second-order valence-electron chi connectivity index (χ2n) is 14.4. The molecule has 45 heavy (non-hydrogen) atoms. The molecule has 5 aliphatic carbocycles. The molecule has 0 saturated heterocycles. The first-order valence-electron chi connectivity index (χ1n) is 16.9. The van der Waals surface area contributed by atoms with Crippen LogP contribution in [0.1, 0.15) is 94.2 Å². The van der Waals surface area contributed by atoms with Crippen LogP contribution in [0.4, 0.5) is 10.5 Å². The Morgan fingerprint density at radius 2 is 1.71 bits per heavy atom. The number of hydrogen-bond donors (Lipinski definition) is 2. The van der Waals surface area contributed by atoms with Crippen LogP contribution in [-0.2, 0) is 10.2 Å².